The molecule has 0 saturated carbocycles. The molecule has 0 saturated heterocycles. The van der Waals surface area contributed by atoms with E-state index in [1.54, 1.807) is 0 Å². The van der Waals surface area contributed by atoms with Crippen LogP contribution < -0.4 is 0 Å². The zero-order valence-corrected chi connectivity index (χ0v) is 9.33. The molecular formula is C4H16Cl2P2. The molecule has 0 N–H and O–H groups in total. The summed E-state index contributed by atoms with van der Waals surface area (Å²) in [4.78, 5) is 0. The van der Waals surface area contributed by atoms with Crippen molar-refractivity contribution in [1.82, 2.24) is 0 Å². The Balaban J connectivity index is -0.0000000160. The van der Waals surface area contributed by atoms with E-state index in [9.17, 15) is 0 Å². The Hall–Kier alpha value is 1.44. The SMILES string of the molecule is CCP.CCP.Cl.Cl. The first kappa shape index (κ1) is 22.7. The minimum Gasteiger partial charge on any atom is -0.147 e. The Morgan fingerprint density at radius 3 is 0.875 bits per heavy atom. The smallest absolute Gasteiger partial charge is 0.0410 e. The maximum absolute atomic E-state index is 2.58. The molecule has 0 nitrogen and oxygen atoms in total. The van der Waals surface area contributed by atoms with Crippen molar-refractivity contribution in [2.45, 2.75) is 13.8 Å². The number of hydrogen-bond acceptors (Lipinski definition) is 0. The fourth-order valence-corrected chi connectivity index (χ4v) is 0. The molecule has 0 aromatic carbocycles. The summed E-state index contributed by atoms with van der Waals surface area (Å²) in [5.41, 5.74) is 0. The van der Waals surface area contributed by atoms with Crippen LogP contribution in [0.5, 0.6) is 0 Å². The second-order valence-corrected chi connectivity index (χ2v) is 2.45. The highest BCUT2D eigenvalue weighted by Crippen LogP contribution is 1.68. The van der Waals surface area contributed by atoms with Crippen LogP contribution in [-0.2, 0) is 0 Å². The number of rotatable bonds is 0. The van der Waals surface area contributed by atoms with E-state index < -0.39 is 0 Å². The quantitative estimate of drug-likeness (QED) is 0.523. The van der Waals surface area contributed by atoms with Gasteiger partial charge in [0, 0.05) is 0 Å². The van der Waals surface area contributed by atoms with Gasteiger partial charge in [-0.3, -0.25) is 0 Å². The van der Waals surface area contributed by atoms with Crippen LogP contribution in [0.3, 0.4) is 0 Å². The maximum atomic E-state index is 2.58. The van der Waals surface area contributed by atoms with E-state index in [4.69, 9.17) is 0 Å². The van der Waals surface area contributed by atoms with Gasteiger partial charge in [-0.2, -0.15) is 0 Å². The number of hydrogen-bond donors (Lipinski definition) is 0. The van der Waals surface area contributed by atoms with Gasteiger partial charge in [0.15, 0.2) is 0 Å². The first-order valence-corrected chi connectivity index (χ1v) is 3.86. The van der Waals surface area contributed by atoms with E-state index in [2.05, 4.69) is 32.3 Å². The van der Waals surface area contributed by atoms with Crippen molar-refractivity contribution in [3.8, 4) is 0 Å². The largest absolute Gasteiger partial charge is 0.147 e. The van der Waals surface area contributed by atoms with Gasteiger partial charge in [0.25, 0.3) is 0 Å². The molecule has 0 spiro atoms. The fourth-order valence-electron chi connectivity index (χ4n) is 0. The van der Waals surface area contributed by atoms with Crippen molar-refractivity contribution in [3.63, 3.8) is 0 Å². The molecule has 0 aliphatic rings. The molecule has 0 fully saturated rings. The summed E-state index contributed by atoms with van der Waals surface area (Å²) in [5, 5.41) is 0. The Morgan fingerprint density at radius 2 is 0.875 bits per heavy atom. The summed E-state index contributed by atoms with van der Waals surface area (Å²) in [6.45, 7) is 4.18. The lowest BCUT2D eigenvalue weighted by Crippen LogP contribution is -1.33. The van der Waals surface area contributed by atoms with E-state index >= 15 is 0 Å². The molecule has 4 heteroatoms. The van der Waals surface area contributed by atoms with Gasteiger partial charge >= 0.3 is 0 Å². The minimum absolute atomic E-state index is 0. The summed E-state index contributed by atoms with van der Waals surface area (Å²) in [7, 11) is 5.16. The van der Waals surface area contributed by atoms with Gasteiger partial charge in [-0.15, -0.1) is 43.3 Å². The molecule has 0 aromatic heterocycles. The number of halogens is 2. The first-order chi connectivity index (χ1) is 2.83. The molecule has 8 heavy (non-hydrogen) atoms. The molecule has 0 rings (SSSR count). The molecule has 0 heterocycles. The Bertz CT molecular complexity index is 14.0. The fraction of sp³-hybridized carbons (Fsp3) is 1.00. The third-order valence-electron chi connectivity index (χ3n) is 0. The summed E-state index contributed by atoms with van der Waals surface area (Å²) in [5.74, 6) is 0. The summed E-state index contributed by atoms with van der Waals surface area (Å²) in [6, 6.07) is 0. The molecular weight excluding hydrogens is 181 g/mol. The van der Waals surface area contributed by atoms with Gasteiger partial charge in [0.2, 0.25) is 0 Å². The third-order valence-corrected chi connectivity index (χ3v) is 0. The van der Waals surface area contributed by atoms with Crippen LogP contribution >= 0.6 is 43.3 Å². The Labute approximate surface area is 69.8 Å². The van der Waals surface area contributed by atoms with Gasteiger partial charge in [0.05, 0.1) is 0 Å². The Kier molecular flexibility index (Phi) is 112. The van der Waals surface area contributed by atoms with Gasteiger partial charge in [-0.25, -0.2) is 0 Å². The minimum atomic E-state index is 0. The molecule has 0 radical (unpaired) electrons. The molecule has 0 amide bonds. The predicted octanol–water partition coefficient (Wildman–Crippen LogP) is 2.61. The van der Waals surface area contributed by atoms with Crippen LogP contribution in [0.15, 0.2) is 0 Å². The van der Waals surface area contributed by atoms with Crippen LogP contribution in [0.4, 0.5) is 0 Å². The van der Waals surface area contributed by atoms with E-state index in [1.165, 1.54) is 12.3 Å². The van der Waals surface area contributed by atoms with E-state index in [0.29, 0.717) is 0 Å². The van der Waals surface area contributed by atoms with Crippen LogP contribution in [0, 0.1) is 0 Å². The zero-order chi connectivity index (χ0) is 5.41. The van der Waals surface area contributed by atoms with Crippen molar-refractivity contribution in [1.29, 1.82) is 0 Å². The lowest BCUT2D eigenvalue weighted by atomic mass is 11.0. The first-order valence-electron chi connectivity index (χ1n) is 2.23. The Morgan fingerprint density at radius 1 is 0.875 bits per heavy atom. The lowest BCUT2D eigenvalue weighted by molar-refractivity contribution is 1.53. The average Bonchev–Trinajstić information content (AvgIpc) is 1.39. The zero-order valence-electron chi connectivity index (χ0n) is 5.39. The van der Waals surface area contributed by atoms with Crippen LogP contribution in [-0.4, -0.2) is 12.3 Å². The van der Waals surface area contributed by atoms with Gasteiger partial charge in [-0.1, -0.05) is 13.8 Å². The van der Waals surface area contributed by atoms with Crippen molar-refractivity contribution < 1.29 is 0 Å². The highest BCUT2D eigenvalue weighted by atomic mass is 35.5. The van der Waals surface area contributed by atoms with Crippen molar-refractivity contribution in [2.75, 3.05) is 12.3 Å². The van der Waals surface area contributed by atoms with Gasteiger partial charge in [0.1, 0.15) is 0 Å². The normalized spacial score (nSPS) is 4.50. The van der Waals surface area contributed by atoms with E-state index in [0.717, 1.165) is 0 Å². The van der Waals surface area contributed by atoms with Gasteiger partial charge < -0.3 is 0 Å². The molecule has 2 unspecified atom stereocenters. The van der Waals surface area contributed by atoms with Crippen molar-refractivity contribution in [2.24, 2.45) is 0 Å². The second kappa shape index (κ2) is 39.5. The molecule has 0 aliphatic heterocycles. The van der Waals surface area contributed by atoms with Crippen LogP contribution in [0.2, 0.25) is 0 Å². The van der Waals surface area contributed by atoms with Crippen LogP contribution in [0.1, 0.15) is 13.8 Å². The lowest BCUT2D eigenvalue weighted by Gasteiger charge is -1.49. The molecule has 56 valence electrons. The van der Waals surface area contributed by atoms with Crippen molar-refractivity contribution in [3.05, 3.63) is 0 Å². The summed E-state index contributed by atoms with van der Waals surface area (Å²) >= 11 is 0. The summed E-state index contributed by atoms with van der Waals surface area (Å²) < 4.78 is 0. The van der Waals surface area contributed by atoms with Gasteiger partial charge in [-0.05, 0) is 12.3 Å². The van der Waals surface area contributed by atoms with E-state index in [-0.39, 0.29) is 24.8 Å². The van der Waals surface area contributed by atoms with E-state index in [1.807, 2.05) is 0 Å². The standard InChI is InChI=1S/2C2H7P.2ClH/c2*1-2-3;;/h2*2-3H2,1H3;2*1H. The highest BCUT2D eigenvalue weighted by Gasteiger charge is 1.35. The highest BCUT2D eigenvalue weighted by molar-refractivity contribution is 7.16. The van der Waals surface area contributed by atoms with Crippen LogP contribution in [0.25, 0.3) is 0 Å². The monoisotopic (exact) mass is 196 g/mol. The maximum Gasteiger partial charge on any atom is -0.0410 e. The van der Waals surface area contributed by atoms with Crippen molar-refractivity contribution >= 4 is 43.3 Å². The molecule has 2 atom stereocenters. The predicted molar refractivity (Wildman–Crippen MR) is 55.0 cm³/mol. The third kappa shape index (κ3) is 149. The molecule has 0 bridgehead atoms. The molecule has 0 aromatic rings. The summed E-state index contributed by atoms with van der Waals surface area (Å²) in [6.07, 6.45) is 2.33. The second-order valence-electron chi connectivity index (χ2n) is 0.816. The topological polar surface area (TPSA) is 0 Å². The average molecular weight is 197 g/mol. The molecule has 0 aliphatic carbocycles.